The minimum atomic E-state index is -0.654. The van der Waals surface area contributed by atoms with Crippen molar-refractivity contribution in [2.75, 3.05) is 25.6 Å². The SMILES string of the molecule is COCC(C)n1c(C)cc(C(=O)COC(=O)c2ccc(C)c(NC(=O)c3ccco3)c2)c1C. The Morgan fingerprint density at radius 3 is 2.55 bits per heavy atom. The molecule has 3 aromatic rings. The minimum Gasteiger partial charge on any atom is -0.459 e. The topological polar surface area (TPSA) is 99.8 Å². The van der Waals surface area contributed by atoms with Crippen molar-refractivity contribution >= 4 is 23.3 Å². The number of Topliss-reactive ketones (excluding diaryl/α,β-unsaturated/α-hetero) is 1. The number of hydrogen-bond donors (Lipinski definition) is 1. The maximum atomic E-state index is 12.8. The van der Waals surface area contributed by atoms with Gasteiger partial charge in [-0.05, 0) is 63.6 Å². The largest absolute Gasteiger partial charge is 0.459 e. The molecule has 0 saturated carbocycles. The summed E-state index contributed by atoms with van der Waals surface area (Å²) in [4.78, 5) is 37.6. The number of methoxy groups -OCH3 is 1. The highest BCUT2D eigenvalue weighted by molar-refractivity contribution is 6.04. The molecule has 8 nitrogen and oxygen atoms in total. The summed E-state index contributed by atoms with van der Waals surface area (Å²) < 4.78 is 17.6. The fraction of sp³-hybridized carbons (Fsp3) is 0.320. The normalized spacial score (nSPS) is 11.8. The van der Waals surface area contributed by atoms with Gasteiger partial charge >= 0.3 is 5.97 Å². The van der Waals surface area contributed by atoms with Crippen LogP contribution >= 0.6 is 0 Å². The number of nitrogens with one attached hydrogen (secondary N) is 1. The van der Waals surface area contributed by atoms with Crippen molar-refractivity contribution in [2.24, 2.45) is 0 Å². The molecular formula is C25H28N2O6. The van der Waals surface area contributed by atoms with Crippen LogP contribution in [0, 0.1) is 20.8 Å². The van der Waals surface area contributed by atoms with Gasteiger partial charge in [0.1, 0.15) is 0 Å². The van der Waals surface area contributed by atoms with Crippen molar-refractivity contribution in [3.63, 3.8) is 0 Å². The van der Waals surface area contributed by atoms with E-state index in [4.69, 9.17) is 13.9 Å². The van der Waals surface area contributed by atoms with Crippen molar-refractivity contribution in [1.29, 1.82) is 0 Å². The molecule has 2 heterocycles. The maximum absolute atomic E-state index is 12.8. The number of ketones is 1. The lowest BCUT2D eigenvalue weighted by molar-refractivity contribution is 0.0474. The molecule has 1 aromatic carbocycles. The summed E-state index contributed by atoms with van der Waals surface area (Å²) >= 11 is 0. The third kappa shape index (κ3) is 5.40. The van der Waals surface area contributed by atoms with Gasteiger partial charge in [-0.1, -0.05) is 6.07 Å². The molecule has 1 atom stereocenters. The summed E-state index contributed by atoms with van der Waals surface area (Å²) in [5, 5.41) is 2.72. The highest BCUT2D eigenvalue weighted by Gasteiger charge is 2.21. The van der Waals surface area contributed by atoms with Crippen LogP contribution in [0.5, 0.6) is 0 Å². The number of benzene rings is 1. The number of ether oxygens (including phenoxy) is 2. The zero-order chi connectivity index (χ0) is 24.1. The second kappa shape index (κ2) is 10.3. The molecule has 174 valence electrons. The maximum Gasteiger partial charge on any atom is 0.338 e. The van der Waals surface area contributed by atoms with Gasteiger partial charge in [0.15, 0.2) is 12.4 Å². The first-order valence-corrected chi connectivity index (χ1v) is 10.6. The van der Waals surface area contributed by atoms with Gasteiger partial charge in [0, 0.05) is 29.7 Å². The zero-order valence-electron chi connectivity index (χ0n) is 19.4. The van der Waals surface area contributed by atoms with E-state index in [1.54, 1.807) is 44.4 Å². The monoisotopic (exact) mass is 452 g/mol. The third-order valence-corrected chi connectivity index (χ3v) is 5.43. The Balaban J connectivity index is 1.68. The van der Waals surface area contributed by atoms with E-state index in [2.05, 4.69) is 5.32 Å². The summed E-state index contributed by atoms with van der Waals surface area (Å²) in [5.74, 6) is -1.21. The van der Waals surface area contributed by atoms with Gasteiger partial charge in [0.05, 0.1) is 24.5 Å². The Labute approximate surface area is 192 Å². The number of anilines is 1. The predicted molar refractivity (Wildman–Crippen MR) is 123 cm³/mol. The summed E-state index contributed by atoms with van der Waals surface area (Å²) in [6.07, 6.45) is 1.40. The number of amides is 1. The van der Waals surface area contributed by atoms with E-state index in [0.717, 1.165) is 17.0 Å². The van der Waals surface area contributed by atoms with Crippen LogP contribution in [0.3, 0.4) is 0 Å². The molecule has 33 heavy (non-hydrogen) atoms. The molecule has 1 amide bonds. The second-order valence-electron chi connectivity index (χ2n) is 7.92. The van der Waals surface area contributed by atoms with Gasteiger partial charge in [-0.2, -0.15) is 0 Å². The Kier molecular flexibility index (Phi) is 7.50. The molecule has 1 N–H and O–H groups in total. The molecular weight excluding hydrogens is 424 g/mol. The number of carbonyl (C=O) groups is 3. The van der Waals surface area contributed by atoms with Crippen LogP contribution in [0.2, 0.25) is 0 Å². The molecule has 0 saturated heterocycles. The summed E-state index contributed by atoms with van der Waals surface area (Å²) in [5.41, 5.74) is 3.69. The van der Waals surface area contributed by atoms with Crippen LogP contribution in [0.4, 0.5) is 5.69 Å². The average molecular weight is 453 g/mol. The van der Waals surface area contributed by atoms with Gasteiger partial charge < -0.3 is 23.8 Å². The van der Waals surface area contributed by atoms with E-state index in [-0.39, 0.29) is 29.8 Å². The van der Waals surface area contributed by atoms with Crippen LogP contribution in [0.25, 0.3) is 0 Å². The van der Waals surface area contributed by atoms with Crippen LogP contribution in [0.15, 0.2) is 47.1 Å². The lowest BCUT2D eigenvalue weighted by Crippen LogP contribution is -2.17. The van der Waals surface area contributed by atoms with Gasteiger partial charge in [-0.25, -0.2) is 4.79 Å². The Hall–Kier alpha value is -3.65. The standard InChI is InChI=1S/C25H28N2O6/c1-15-8-9-19(12-21(15)26-24(29)23-7-6-10-32-23)25(30)33-14-22(28)20-11-16(2)27(18(20)4)17(3)13-31-5/h6-12,17H,13-14H2,1-5H3,(H,26,29). The number of carbonyl (C=O) groups excluding carboxylic acids is 3. The minimum absolute atomic E-state index is 0.0708. The molecule has 0 spiro atoms. The molecule has 0 fully saturated rings. The first-order valence-electron chi connectivity index (χ1n) is 10.6. The molecule has 3 rings (SSSR count). The Morgan fingerprint density at radius 1 is 1.12 bits per heavy atom. The molecule has 0 aliphatic carbocycles. The zero-order valence-corrected chi connectivity index (χ0v) is 19.4. The smallest absolute Gasteiger partial charge is 0.338 e. The van der Waals surface area contributed by atoms with Gasteiger partial charge in [0.2, 0.25) is 5.78 Å². The Bertz CT molecular complexity index is 1160. The summed E-state index contributed by atoms with van der Waals surface area (Å²) in [6, 6.07) is 9.82. The van der Waals surface area contributed by atoms with Gasteiger partial charge in [-0.3, -0.25) is 9.59 Å². The number of nitrogens with zero attached hydrogens (tertiary/aromatic N) is 1. The Morgan fingerprint density at radius 2 is 1.88 bits per heavy atom. The van der Waals surface area contributed by atoms with E-state index in [0.29, 0.717) is 17.9 Å². The number of hydrogen-bond acceptors (Lipinski definition) is 6. The first-order chi connectivity index (χ1) is 15.7. The molecule has 0 aliphatic heterocycles. The lowest BCUT2D eigenvalue weighted by Gasteiger charge is -2.17. The number of rotatable bonds is 9. The fourth-order valence-electron chi connectivity index (χ4n) is 3.82. The van der Waals surface area contributed by atoms with E-state index in [1.807, 2.05) is 25.3 Å². The molecule has 0 aliphatic rings. The predicted octanol–water partition coefficient (Wildman–Crippen LogP) is 4.51. The highest BCUT2D eigenvalue weighted by atomic mass is 16.5. The molecule has 0 radical (unpaired) electrons. The molecule has 8 heteroatoms. The summed E-state index contributed by atoms with van der Waals surface area (Å²) in [6.45, 7) is 7.73. The van der Waals surface area contributed by atoms with Crippen LogP contribution < -0.4 is 5.32 Å². The van der Waals surface area contributed by atoms with E-state index in [1.165, 1.54) is 12.3 Å². The second-order valence-corrected chi connectivity index (χ2v) is 7.92. The summed E-state index contributed by atoms with van der Waals surface area (Å²) in [7, 11) is 1.63. The van der Waals surface area contributed by atoms with Crippen molar-refractivity contribution < 1.29 is 28.3 Å². The van der Waals surface area contributed by atoms with Crippen LogP contribution in [0.1, 0.15) is 61.2 Å². The van der Waals surface area contributed by atoms with E-state index in [9.17, 15) is 14.4 Å². The number of aromatic nitrogens is 1. The number of furan rings is 1. The van der Waals surface area contributed by atoms with E-state index < -0.39 is 11.9 Å². The first kappa shape index (κ1) is 24.0. The van der Waals surface area contributed by atoms with Crippen molar-refractivity contribution in [2.45, 2.75) is 33.7 Å². The quantitative estimate of drug-likeness (QED) is 0.379. The van der Waals surface area contributed by atoms with Crippen molar-refractivity contribution in [3.05, 3.63) is 76.5 Å². The van der Waals surface area contributed by atoms with Crippen molar-refractivity contribution in [1.82, 2.24) is 4.57 Å². The lowest BCUT2D eigenvalue weighted by atomic mass is 10.1. The van der Waals surface area contributed by atoms with Crippen LogP contribution in [-0.2, 0) is 9.47 Å². The van der Waals surface area contributed by atoms with Crippen molar-refractivity contribution in [3.8, 4) is 0 Å². The van der Waals surface area contributed by atoms with E-state index >= 15 is 0 Å². The molecule has 1 unspecified atom stereocenters. The van der Waals surface area contributed by atoms with Gasteiger partial charge in [-0.15, -0.1) is 0 Å². The average Bonchev–Trinajstić information content (AvgIpc) is 3.41. The fourth-order valence-corrected chi connectivity index (χ4v) is 3.82. The number of esters is 1. The highest BCUT2D eigenvalue weighted by Crippen LogP contribution is 2.22. The van der Waals surface area contributed by atoms with Crippen LogP contribution in [-0.4, -0.2) is 42.6 Å². The molecule has 0 bridgehead atoms. The van der Waals surface area contributed by atoms with Gasteiger partial charge in [0.25, 0.3) is 5.91 Å². The number of aryl methyl sites for hydroxylation is 2. The molecule has 2 aromatic heterocycles. The third-order valence-electron chi connectivity index (χ3n) is 5.43.